The van der Waals surface area contributed by atoms with Crippen LogP contribution in [0.15, 0.2) is 18.3 Å². The number of amides is 2. The van der Waals surface area contributed by atoms with Crippen molar-refractivity contribution in [3.63, 3.8) is 0 Å². The Morgan fingerprint density at radius 1 is 1.21 bits per heavy atom. The van der Waals surface area contributed by atoms with E-state index < -0.39 is 31.1 Å². The Balaban J connectivity index is 2.73. The van der Waals surface area contributed by atoms with Crippen LogP contribution in [-0.2, 0) is 9.59 Å². The number of urea groups is 1. The minimum atomic E-state index is -1.29. The van der Waals surface area contributed by atoms with E-state index in [9.17, 15) is 14.4 Å². The Morgan fingerprint density at radius 3 is 2.21 bits per heavy atom. The molecule has 0 saturated heterocycles. The van der Waals surface area contributed by atoms with Gasteiger partial charge in [0.25, 0.3) is 0 Å². The molecule has 102 valence electrons. The third-order valence-corrected chi connectivity index (χ3v) is 2.10. The van der Waals surface area contributed by atoms with Crippen molar-refractivity contribution < 1.29 is 24.6 Å². The van der Waals surface area contributed by atoms with Crippen molar-refractivity contribution >= 4 is 23.7 Å². The average molecular weight is 267 g/mol. The zero-order valence-corrected chi connectivity index (χ0v) is 10.2. The lowest BCUT2D eigenvalue weighted by Crippen LogP contribution is -2.41. The van der Waals surface area contributed by atoms with E-state index in [-0.39, 0.29) is 0 Å². The number of carbonyl (C=O) groups is 3. The number of pyridine rings is 1. The van der Waals surface area contributed by atoms with Crippen LogP contribution in [0.3, 0.4) is 0 Å². The van der Waals surface area contributed by atoms with E-state index >= 15 is 0 Å². The number of nitrogens with one attached hydrogen (secondary N) is 1. The second kappa shape index (κ2) is 6.34. The lowest BCUT2D eigenvalue weighted by atomic mass is 10.3. The van der Waals surface area contributed by atoms with Gasteiger partial charge >= 0.3 is 18.0 Å². The molecule has 0 radical (unpaired) electrons. The number of hydrogen-bond acceptors (Lipinski definition) is 4. The van der Waals surface area contributed by atoms with Crippen LogP contribution < -0.4 is 5.32 Å². The van der Waals surface area contributed by atoms with Gasteiger partial charge in [0.05, 0.1) is 11.9 Å². The van der Waals surface area contributed by atoms with Gasteiger partial charge in [-0.05, 0) is 19.1 Å². The Bertz CT molecular complexity index is 470. The predicted octanol–water partition coefficient (Wildman–Crippen LogP) is 0.393. The molecule has 1 rings (SSSR count). The average Bonchev–Trinajstić information content (AvgIpc) is 2.30. The zero-order chi connectivity index (χ0) is 14.4. The first-order valence-corrected chi connectivity index (χ1v) is 5.30. The van der Waals surface area contributed by atoms with Gasteiger partial charge in [-0.15, -0.1) is 0 Å². The molecule has 1 aromatic rings. The van der Waals surface area contributed by atoms with Crippen molar-refractivity contribution in [1.29, 1.82) is 0 Å². The van der Waals surface area contributed by atoms with Gasteiger partial charge < -0.3 is 20.4 Å². The highest BCUT2D eigenvalue weighted by atomic mass is 16.4. The largest absolute Gasteiger partial charge is 0.480 e. The number of aryl methyl sites for hydroxylation is 1. The van der Waals surface area contributed by atoms with E-state index in [1.54, 1.807) is 19.1 Å². The molecular formula is C11H13N3O5. The van der Waals surface area contributed by atoms with Crippen molar-refractivity contribution in [3.8, 4) is 0 Å². The normalized spacial score (nSPS) is 9.74. The number of carbonyl (C=O) groups excluding carboxylic acids is 1. The van der Waals surface area contributed by atoms with Gasteiger partial charge in [-0.3, -0.25) is 14.6 Å². The Morgan fingerprint density at radius 2 is 1.79 bits per heavy atom. The van der Waals surface area contributed by atoms with E-state index in [1.165, 1.54) is 6.20 Å². The summed E-state index contributed by atoms with van der Waals surface area (Å²) in [5.41, 5.74) is 1.11. The fourth-order valence-electron chi connectivity index (χ4n) is 1.27. The van der Waals surface area contributed by atoms with Crippen molar-refractivity contribution in [3.05, 3.63) is 24.0 Å². The molecule has 0 saturated carbocycles. The maximum atomic E-state index is 11.7. The minimum absolute atomic E-state index is 0.358. The second-order valence-corrected chi connectivity index (χ2v) is 3.76. The fourth-order valence-corrected chi connectivity index (χ4v) is 1.27. The number of anilines is 1. The molecule has 1 heterocycles. The molecule has 0 unspecified atom stereocenters. The molecule has 0 spiro atoms. The summed E-state index contributed by atoms with van der Waals surface area (Å²) in [4.78, 5) is 37.5. The van der Waals surface area contributed by atoms with Crippen molar-refractivity contribution in [2.24, 2.45) is 0 Å². The smallest absolute Gasteiger partial charge is 0.323 e. The van der Waals surface area contributed by atoms with Gasteiger partial charge in [0, 0.05) is 5.69 Å². The molecule has 1 aromatic heterocycles. The molecule has 0 fully saturated rings. The molecule has 19 heavy (non-hydrogen) atoms. The highest BCUT2D eigenvalue weighted by Gasteiger charge is 2.19. The van der Waals surface area contributed by atoms with Gasteiger partial charge in [0.15, 0.2) is 0 Å². The predicted molar refractivity (Wildman–Crippen MR) is 64.8 cm³/mol. The molecule has 0 aliphatic rings. The van der Waals surface area contributed by atoms with Crippen molar-refractivity contribution in [1.82, 2.24) is 9.88 Å². The lowest BCUT2D eigenvalue weighted by Gasteiger charge is -2.18. The number of aromatic nitrogens is 1. The van der Waals surface area contributed by atoms with Crippen LogP contribution in [0.25, 0.3) is 0 Å². The fraction of sp³-hybridized carbons (Fsp3) is 0.273. The molecule has 3 N–H and O–H groups in total. The summed E-state index contributed by atoms with van der Waals surface area (Å²) in [5.74, 6) is -2.59. The monoisotopic (exact) mass is 267 g/mol. The van der Waals surface area contributed by atoms with Crippen molar-refractivity contribution in [2.75, 3.05) is 18.4 Å². The summed E-state index contributed by atoms with van der Waals surface area (Å²) in [6.07, 6.45) is 1.40. The lowest BCUT2D eigenvalue weighted by molar-refractivity contribution is -0.140. The Labute approximate surface area is 108 Å². The molecule has 0 aliphatic carbocycles. The highest BCUT2D eigenvalue weighted by Crippen LogP contribution is 2.06. The molecule has 0 atom stereocenters. The molecular weight excluding hydrogens is 254 g/mol. The van der Waals surface area contributed by atoms with E-state index in [0.29, 0.717) is 10.6 Å². The van der Waals surface area contributed by atoms with Gasteiger partial charge in [-0.2, -0.15) is 0 Å². The van der Waals surface area contributed by atoms with Crippen molar-refractivity contribution in [2.45, 2.75) is 6.92 Å². The first kappa shape index (κ1) is 14.4. The number of nitrogens with zero attached hydrogens (tertiary/aromatic N) is 2. The number of hydrogen-bond donors (Lipinski definition) is 3. The molecule has 8 nitrogen and oxygen atoms in total. The quantitative estimate of drug-likeness (QED) is 0.710. The van der Waals surface area contributed by atoms with E-state index in [4.69, 9.17) is 10.2 Å². The Kier molecular flexibility index (Phi) is 4.81. The van der Waals surface area contributed by atoms with Crippen LogP contribution in [0.2, 0.25) is 0 Å². The molecule has 0 aliphatic heterocycles. The van der Waals surface area contributed by atoms with Gasteiger partial charge in [-0.25, -0.2) is 4.79 Å². The summed E-state index contributed by atoms with van der Waals surface area (Å²) in [6, 6.07) is 2.43. The Hall–Kier alpha value is -2.64. The van der Waals surface area contributed by atoms with Crippen LogP contribution in [-0.4, -0.2) is 51.2 Å². The zero-order valence-electron chi connectivity index (χ0n) is 10.2. The third-order valence-electron chi connectivity index (χ3n) is 2.10. The second-order valence-electron chi connectivity index (χ2n) is 3.76. The topological polar surface area (TPSA) is 120 Å². The number of aliphatic carboxylic acids is 2. The van der Waals surface area contributed by atoms with Gasteiger partial charge in [0.2, 0.25) is 0 Å². The first-order valence-electron chi connectivity index (χ1n) is 5.30. The van der Waals surface area contributed by atoms with Crippen LogP contribution in [0.4, 0.5) is 10.5 Å². The van der Waals surface area contributed by atoms with Crippen LogP contribution in [0, 0.1) is 6.92 Å². The number of rotatable bonds is 5. The van der Waals surface area contributed by atoms with E-state index in [2.05, 4.69) is 10.3 Å². The maximum absolute atomic E-state index is 11.7. The summed E-state index contributed by atoms with van der Waals surface area (Å²) in [7, 11) is 0. The van der Waals surface area contributed by atoms with E-state index in [0.717, 1.165) is 5.69 Å². The molecule has 8 heteroatoms. The molecule has 0 bridgehead atoms. The maximum Gasteiger partial charge on any atom is 0.323 e. The van der Waals surface area contributed by atoms with E-state index in [1.807, 2.05) is 0 Å². The summed E-state index contributed by atoms with van der Waals surface area (Å²) in [6.45, 7) is 0.377. The molecule has 2 amide bonds. The molecule has 0 aromatic carbocycles. The highest BCUT2D eigenvalue weighted by molar-refractivity contribution is 5.93. The van der Waals surface area contributed by atoms with Gasteiger partial charge in [-0.1, -0.05) is 0 Å². The summed E-state index contributed by atoms with van der Waals surface area (Å²) >= 11 is 0. The van der Waals surface area contributed by atoms with Crippen LogP contribution in [0.5, 0.6) is 0 Å². The SMILES string of the molecule is Cc1ccc(NC(=O)N(CC(=O)O)CC(=O)O)cn1. The standard InChI is InChI=1S/C11H13N3O5/c1-7-2-3-8(4-12-7)13-11(19)14(5-9(15)16)6-10(17)18/h2-4H,5-6H2,1H3,(H,13,19)(H,15,16)(H,17,18). The number of carboxylic acid groups (broad SMARTS) is 2. The van der Waals surface area contributed by atoms with Crippen LogP contribution in [0.1, 0.15) is 5.69 Å². The summed E-state index contributed by atoms with van der Waals surface area (Å²) < 4.78 is 0. The third kappa shape index (κ3) is 5.02. The van der Waals surface area contributed by atoms with Crippen LogP contribution >= 0.6 is 0 Å². The minimum Gasteiger partial charge on any atom is -0.480 e. The van der Waals surface area contributed by atoms with Gasteiger partial charge in [0.1, 0.15) is 13.1 Å². The first-order chi connectivity index (χ1) is 8.88. The summed E-state index contributed by atoms with van der Waals surface area (Å²) in [5, 5.41) is 19.6. The number of carboxylic acids is 2.